The lowest BCUT2D eigenvalue weighted by Crippen LogP contribution is -2.40. The largest absolute Gasteiger partial charge is 0.327 e. The first-order valence-corrected chi connectivity index (χ1v) is 6.13. The highest BCUT2D eigenvalue weighted by atomic mass is 15.2. The average Bonchev–Trinajstić information content (AvgIpc) is 2.84. The van der Waals surface area contributed by atoms with Gasteiger partial charge in [0.25, 0.3) is 0 Å². The van der Waals surface area contributed by atoms with E-state index in [1.165, 1.54) is 32.2 Å². The maximum absolute atomic E-state index is 6.08. The Kier molecular flexibility index (Phi) is 4.90. The molecule has 1 aliphatic carbocycles. The minimum Gasteiger partial charge on any atom is -0.327 e. The van der Waals surface area contributed by atoms with E-state index in [4.69, 9.17) is 5.73 Å². The Morgan fingerprint density at radius 2 is 1.93 bits per heavy atom. The van der Waals surface area contributed by atoms with Crippen LogP contribution in [0.3, 0.4) is 0 Å². The molecule has 84 valence electrons. The monoisotopic (exact) mass is 198 g/mol. The van der Waals surface area contributed by atoms with Gasteiger partial charge in [-0.1, -0.05) is 27.2 Å². The average molecular weight is 198 g/mol. The highest BCUT2D eigenvalue weighted by Gasteiger charge is 2.29. The summed E-state index contributed by atoms with van der Waals surface area (Å²) in [6.45, 7) is 9.13. The molecule has 0 aromatic heterocycles. The van der Waals surface area contributed by atoms with Gasteiger partial charge < -0.3 is 5.73 Å². The Morgan fingerprint density at radius 1 is 1.29 bits per heavy atom. The van der Waals surface area contributed by atoms with Gasteiger partial charge in [-0.25, -0.2) is 0 Å². The maximum Gasteiger partial charge on any atom is 0.0167 e. The van der Waals surface area contributed by atoms with Crippen molar-refractivity contribution in [3.63, 3.8) is 0 Å². The quantitative estimate of drug-likeness (QED) is 0.680. The van der Waals surface area contributed by atoms with Gasteiger partial charge >= 0.3 is 0 Å². The molecule has 1 atom stereocenters. The summed E-state index contributed by atoms with van der Waals surface area (Å²) in [6, 6.07) is 1.25. The van der Waals surface area contributed by atoms with E-state index in [9.17, 15) is 0 Å². The van der Waals surface area contributed by atoms with Crippen molar-refractivity contribution in [1.82, 2.24) is 4.90 Å². The Morgan fingerprint density at radius 3 is 2.36 bits per heavy atom. The second-order valence-corrected chi connectivity index (χ2v) is 5.13. The maximum atomic E-state index is 6.08. The molecule has 2 nitrogen and oxygen atoms in total. The summed E-state index contributed by atoms with van der Waals surface area (Å²) in [5, 5.41) is 0. The number of rotatable bonds is 7. The fourth-order valence-corrected chi connectivity index (χ4v) is 2.04. The topological polar surface area (TPSA) is 29.3 Å². The Bertz CT molecular complexity index is 152. The van der Waals surface area contributed by atoms with E-state index in [0.29, 0.717) is 6.04 Å². The minimum absolute atomic E-state index is 0.388. The molecular weight excluding hydrogens is 172 g/mol. The SMILES string of the molecule is CCCC(N)CN(CC(C)C)C1CC1. The third-order valence-electron chi connectivity index (χ3n) is 2.79. The van der Waals surface area contributed by atoms with Crippen molar-refractivity contribution < 1.29 is 0 Å². The van der Waals surface area contributed by atoms with Gasteiger partial charge in [-0.3, -0.25) is 4.90 Å². The molecule has 0 aromatic carbocycles. The van der Waals surface area contributed by atoms with Crippen LogP contribution in [0.25, 0.3) is 0 Å². The van der Waals surface area contributed by atoms with Crippen LogP contribution in [0.4, 0.5) is 0 Å². The summed E-state index contributed by atoms with van der Waals surface area (Å²) in [6.07, 6.45) is 5.17. The summed E-state index contributed by atoms with van der Waals surface area (Å²) in [7, 11) is 0. The molecule has 2 N–H and O–H groups in total. The molecule has 0 saturated heterocycles. The predicted octanol–water partition coefficient (Wildman–Crippen LogP) is 2.23. The number of nitrogens with two attached hydrogens (primary N) is 1. The first-order valence-electron chi connectivity index (χ1n) is 6.13. The van der Waals surface area contributed by atoms with Crippen molar-refractivity contribution in [1.29, 1.82) is 0 Å². The van der Waals surface area contributed by atoms with Gasteiger partial charge in [0.15, 0.2) is 0 Å². The molecule has 14 heavy (non-hydrogen) atoms. The predicted molar refractivity (Wildman–Crippen MR) is 62.3 cm³/mol. The highest BCUT2D eigenvalue weighted by molar-refractivity contribution is 4.86. The third kappa shape index (κ3) is 4.43. The molecule has 1 fully saturated rings. The van der Waals surface area contributed by atoms with Crippen LogP contribution >= 0.6 is 0 Å². The standard InChI is InChI=1S/C12H26N2/c1-4-5-11(13)9-14(8-10(2)3)12-6-7-12/h10-12H,4-9,13H2,1-3H3. The van der Waals surface area contributed by atoms with Crippen LogP contribution in [0, 0.1) is 5.92 Å². The van der Waals surface area contributed by atoms with Gasteiger partial charge in [-0.15, -0.1) is 0 Å². The van der Waals surface area contributed by atoms with Crippen molar-refractivity contribution in [2.75, 3.05) is 13.1 Å². The Balaban J connectivity index is 2.27. The summed E-state index contributed by atoms with van der Waals surface area (Å²) in [4.78, 5) is 2.60. The third-order valence-corrected chi connectivity index (χ3v) is 2.79. The Hall–Kier alpha value is -0.0800. The fraction of sp³-hybridized carbons (Fsp3) is 1.00. The smallest absolute Gasteiger partial charge is 0.0167 e. The normalized spacial score (nSPS) is 19.3. The molecule has 1 unspecified atom stereocenters. The highest BCUT2D eigenvalue weighted by Crippen LogP contribution is 2.27. The molecule has 0 bridgehead atoms. The van der Waals surface area contributed by atoms with Crippen LogP contribution in [0.15, 0.2) is 0 Å². The van der Waals surface area contributed by atoms with Crippen LogP contribution in [-0.2, 0) is 0 Å². The van der Waals surface area contributed by atoms with Crippen LogP contribution in [0.5, 0.6) is 0 Å². The molecule has 0 amide bonds. The van der Waals surface area contributed by atoms with Crippen molar-refractivity contribution in [2.45, 2.75) is 58.5 Å². The van der Waals surface area contributed by atoms with E-state index in [1.54, 1.807) is 0 Å². The summed E-state index contributed by atoms with van der Waals surface area (Å²) in [5.74, 6) is 0.768. The molecule has 1 aliphatic rings. The minimum atomic E-state index is 0.388. The summed E-state index contributed by atoms with van der Waals surface area (Å²) < 4.78 is 0. The zero-order valence-corrected chi connectivity index (χ0v) is 10.00. The van der Waals surface area contributed by atoms with Gasteiger partial charge in [-0.05, 0) is 25.2 Å². The fourth-order valence-electron chi connectivity index (χ4n) is 2.04. The van der Waals surface area contributed by atoms with Gasteiger partial charge in [0, 0.05) is 25.2 Å². The first-order chi connectivity index (χ1) is 6.63. The van der Waals surface area contributed by atoms with E-state index < -0.39 is 0 Å². The molecule has 0 spiro atoms. The number of hydrogen-bond acceptors (Lipinski definition) is 2. The Labute approximate surface area is 88.8 Å². The van der Waals surface area contributed by atoms with E-state index in [-0.39, 0.29) is 0 Å². The molecular formula is C12H26N2. The molecule has 0 radical (unpaired) electrons. The van der Waals surface area contributed by atoms with Gasteiger partial charge in [-0.2, -0.15) is 0 Å². The van der Waals surface area contributed by atoms with E-state index >= 15 is 0 Å². The lowest BCUT2D eigenvalue weighted by atomic mass is 10.1. The molecule has 1 rings (SSSR count). The lowest BCUT2D eigenvalue weighted by molar-refractivity contribution is 0.217. The van der Waals surface area contributed by atoms with Crippen molar-refractivity contribution in [2.24, 2.45) is 11.7 Å². The van der Waals surface area contributed by atoms with E-state index in [2.05, 4.69) is 25.7 Å². The van der Waals surface area contributed by atoms with E-state index in [1.807, 2.05) is 0 Å². The van der Waals surface area contributed by atoms with Crippen LogP contribution < -0.4 is 5.73 Å². The van der Waals surface area contributed by atoms with Crippen LogP contribution in [0.1, 0.15) is 46.5 Å². The molecule has 1 saturated carbocycles. The molecule has 0 heterocycles. The van der Waals surface area contributed by atoms with Crippen LogP contribution in [0.2, 0.25) is 0 Å². The van der Waals surface area contributed by atoms with Crippen molar-refractivity contribution in [3.8, 4) is 0 Å². The number of hydrogen-bond donors (Lipinski definition) is 1. The second kappa shape index (κ2) is 5.72. The zero-order chi connectivity index (χ0) is 10.6. The first kappa shape index (κ1) is 12.0. The lowest BCUT2D eigenvalue weighted by Gasteiger charge is -2.27. The van der Waals surface area contributed by atoms with Crippen molar-refractivity contribution >= 4 is 0 Å². The number of nitrogens with zero attached hydrogens (tertiary/aromatic N) is 1. The summed E-state index contributed by atoms with van der Waals surface area (Å²) in [5.41, 5.74) is 6.08. The zero-order valence-electron chi connectivity index (χ0n) is 10.00. The van der Waals surface area contributed by atoms with Gasteiger partial charge in [0.2, 0.25) is 0 Å². The molecule has 0 aromatic rings. The summed E-state index contributed by atoms with van der Waals surface area (Å²) >= 11 is 0. The molecule has 0 aliphatic heterocycles. The molecule has 2 heteroatoms. The van der Waals surface area contributed by atoms with Crippen molar-refractivity contribution in [3.05, 3.63) is 0 Å². The van der Waals surface area contributed by atoms with Gasteiger partial charge in [0.1, 0.15) is 0 Å². The van der Waals surface area contributed by atoms with Gasteiger partial charge in [0.05, 0.1) is 0 Å². The van der Waals surface area contributed by atoms with E-state index in [0.717, 1.165) is 18.5 Å². The van der Waals surface area contributed by atoms with Crippen LogP contribution in [-0.4, -0.2) is 30.1 Å². The second-order valence-electron chi connectivity index (χ2n) is 5.13.